The van der Waals surface area contributed by atoms with Gasteiger partial charge < -0.3 is 10.5 Å². The molecule has 1 aliphatic carbocycles. The predicted molar refractivity (Wildman–Crippen MR) is 64.1 cm³/mol. The van der Waals surface area contributed by atoms with Crippen LogP contribution in [0.3, 0.4) is 0 Å². The van der Waals surface area contributed by atoms with E-state index in [2.05, 4.69) is 18.2 Å². The highest BCUT2D eigenvalue weighted by molar-refractivity contribution is 5.41. The van der Waals surface area contributed by atoms with E-state index >= 15 is 0 Å². The number of ether oxygens (including phenoxy) is 1. The molecule has 1 saturated carbocycles. The predicted octanol–water partition coefficient (Wildman–Crippen LogP) is 2.49. The molecule has 1 aromatic carbocycles. The highest BCUT2D eigenvalue weighted by atomic mass is 16.5. The number of rotatable bonds is 1. The van der Waals surface area contributed by atoms with Crippen LogP contribution in [0.15, 0.2) is 18.2 Å². The molecule has 0 saturated heterocycles. The number of benzene rings is 1. The van der Waals surface area contributed by atoms with Crippen LogP contribution in [-0.2, 0) is 23.3 Å². The van der Waals surface area contributed by atoms with E-state index in [4.69, 9.17) is 10.5 Å². The van der Waals surface area contributed by atoms with Crippen LogP contribution in [0.25, 0.3) is 0 Å². The third-order valence-corrected chi connectivity index (χ3v) is 4.06. The van der Waals surface area contributed by atoms with Crippen LogP contribution in [0.5, 0.6) is 0 Å². The fourth-order valence-electron chi connectivity index (χ4n) is 3.16. The van der Waals surface area contributed by atoms with Gasteiger partial charge in [-0.15, -0.1) is 0 Å². The van der Waals surface area contributed by atoms with Crippen LogP contribution in [0.2, 0.25) is 0 Å². The van der Waals surface area contributed by atoms with Crippen molar-refractivity contribution in [2.75, 3.05) is 6.61 Å². The van der Waals surface area contributed by atoms with Crippen molar-refractivity contribution in [1.82, 2.24) is 0 Å². The summed E-state index contributed by atoms with van der Waals surface area (Å²) in [5, 5.41) is 0. The molecule has 0 spiro atoms. The Morgan fingerprint density at radius 2 is 2.00 bits per heavy atom. The van der Waals surface area contributed by atoms with Gasteiger partial charge in [-0.1, -0.05) is 31.0 Å². The van der Waals surface area contributed by atoms with Crippen LogP contribution < -0.4 is 5.73 Å². The Balaban J connectivity index is 2.06. The zero-order chi connectivity index (χ0) is 11.0. The third kappa shape index (κ3) is 1.57. The normalized spacial score (nSPS) is 23.1. The first-order chi connectivity index (χ1) is 7.80. The lowest BCUT2D eigenvalue weighted by atomic mass is 9.83. The average molecular weight is 217 g/mol. The minimum Gasteiger partial charge on any atom is -0.376 e. The van der Waals surface area contributed by atoms with Crippen molar-refractivity contribution >= 4 is 0 Å². The summed E-state index contributed by atoms with van der Waals surface area (Å²) in [7, 11) is 0. The topological polar surface area (TPSA) is 35.2 Å². The van der Waals surface area contributed by atoms with E-state index in [0.717, 1.165) is 32.5 Å². The van der Waals surface area contributed by atoms with Gasteiger partial charge in [-0.05, 0) is 36.0 Å². The summed E-state index contributed by atoms with van der Waals surface area (Å²) >= 11 is 0. The Hall–Kier alpha value is -0.860. The zero-order valence-electron chi connectivity index (χ0n) is 9.67. The molecule has 1 heterocycles. The van der Waals surface area contributed by atoms with Gasteiger partial charge in [-0.3, -0.25) is 0 Å². The van der Waals surface area contributed by atoms with E-state index in [-0.39, 0.29) is 5.54 Å². The SMILES string of the molecule is NC1(c2cccc3c2CCOC3)CCCC1. The van der Waals surface area contributed by atoms with Crippen molar-refractivity contribution in [3.05, 3.63) is 34.9 Å². The van der Waals surface area contributed by atoms with Crippen molar-refractivity contribution in [3.8, 4) is 0 Å². The standard InChI is InChI=1S/C14H19NO/c15-14(7-1-2-8-14)13-5-3-4-11-10-16-9-6-12(11)13/h3-5H,1-2,6-10,15H2. The van der Waals surface area contributed by atoms with Gasteiger partial charge in [0.1, 0.15) is 0 Å². The maximum Gasteiger partial charge on any atom is 0.0719 e. The Bertz CT molecular complexity index is 394. The molecule has 0 atom stereocenters. The summed E-state index contributed by atoms with van der Waals surface area (Å²) in [4.78, 5) is 0. The molecule has 2 aliphatic rings. The molecule has 0 unspecified atom stereocenters. The van der Waals surface area contributed by atoms with Gasteiger partial charge in [0, 0.05) is 5.54 Å². The molecule has 1 fully saturated rings. The van der Waals surface area contributed by atoms with Crippen molar-refractivity contribution in [3.63, 3.8) is 0 Å². The Morgan fingerprint density at radius 3 is 2.81 bits per heavy atom. The fourth-order valence-corrected chi connectivity index (χ4v) is 3.16. The van der Waals surface area contributed by atoms with Crippen LogP contribution in [0, 0.1) is 0 Å². The molecule has 2 nitrogen and oxygen atoms in total. The van der Waals surface area contributed by atoms with E-state index in [1.807, 2.05) is 0 Å². The third-order valence-electron chi connectivity index (χ3n) is 4.06. The minimum absolute atomic E-state index is 0.0529. The van der Waals surface area contributed by atoms with Gasteiger partial charge in [0.25, 0.3) is 0 Å². The Morgan fingerprint density at radius 1 is 1.19 bits per heavy atom. The van der Waals surface area contributed by atoms with Crippen LogP contribution >= 0.6 is 0 Å². The van der Waals surface area contributed by atoms with E-state index in [0.29, 0.717) is 0 Å². The second-order valence-electron chi connectivity index (χ2n) is 5.11. The van der Waals surface area contributed by atoms with Crippen molar-refractivity contribution in [2.45, 2.75) is 44.2 Å². The second kappa shape index (κ2) is 3.86. The highest BCUT2D eigenvalue weighted by Gasteiger charge is 2.33. The molecular weight excluding hydrogens is 198 g/mol. The van der Waals surface area contributed by atoms with Gasteiger partial charge >= 0.3 is 0 Å². The number of nitrogens with two attached hydrogens (primary N) is 1. The van der Waals surface area contributed by atoms with Gasteiger partial charge in [0.05, 0.1) is 13.2 Å². The number of hydrogen-bond donors (Lipinski definition) is 1. The summed E-state index contributed by atoms with van der Waals surface area (Å²) in [6, 6.07) is 6.54. The molecule has 0 aromatic heterocycles. The maximum atomic E-state index is 6.56. The van der Waals surface area contributed by atoms with Gasteiger partial charge in [0.2, 0.25) is 0 Å². The van der Waals surface area contributed by atoms with E-state index in [1.54, 1.807) is 0 Å². The minimum atomic E-state index is -0.0529. The number of fused-ring (bicyclic) bond motifs is 1. The van der Waals surface area contributed by atoms with Crippen LogP contribution in [-0.4, -0.2) is 6.61 Å². The molecule has 1 aromatic rings. The van der Waals surface area contributed by atoms with E-state index in [9.17, 15) is 0 Å². The average Bonchev–Trinajstić information content (AvgIpc) is 2.77. The lowest BCUT2D eigenvalue weighted by molar-refractivity contribution is 0.110. The monoisotopic (exact) mass is 217 g/mol. The molecule has 1 aliphatic heterocycles. The lowest BCUT2D eigenvalue weighted by Crippen LogP contribution is -2.35. The van der Waals surface area contributed by atoms with Crippen LogP contribution in [0.1, 0.15) is 42.4 Å². The zero-order valence-corrected chi connectivity index (χ0v) is 9.67. The van der Waals surface area contributed by atoms with Crippen molar-refractivity contribution in [2.24, 2.45) is 5.73 Å². The fraction of sp³-hybridized carbons (Fsp3) is 0.571. The molecule has 2 heteroatoms. The molecular formula is C14H19NO. The summed E-state index contributed by atoms with van der Waals surface area (Å²) in [6.45, 7) is 1.61. The molecule has 86 valence electrons. The van der Waals surface area contributed by atoms with Crippen molar-refractivity contribution < 1.29 is 4.74 Å². The molecule has 3 rings (SSSR count). The van der Waals surface area contributed by atoms with Crippen molar-refractivity contribution in [1.29, 1.82) is 0 Å². The first-order valence-electron chi connectivity index (χ1n) is 6.27. The Labute approximate surface area is 96.8 Å². The Kier molecular flexibility index (Phi) is 2.49. The summed E-state index contributed by atoms with van der Waals surface area (Å²) in [5.41, 5.74) is 10.7. The maximum absolute atomic E-state index is 6.56. The highest BCUT2D eigenvalue weighted by Crippen LogP contribution is 2.39. The van der Waals surface area contributed by atoms with Gasteiger partial charge in [-0.2, -0.15) is 0 Å². The quantitative estimate of drug-likeness (QED) is 0.784. The molecule has 0 bridgehead atoms. The summed E-state index contributed by atoms with van der Waals surface area (Å²) < 4.78 is 5.51. The molecule has 0 amide bonds. The second-order valence-corrected chi connectivity index (χ2v) is 5.11. The van der Waals surface area contributed by atoms with E-state index in [1.165, 1.54) is 29.5 Å². The summed E-state index contributed by atoms with van der Waals surface area (Å²) in [6.07, 6.45) is 5.87. The largest absolute Gasteiger partial charge is 0.376 e. The smallest absolute Gasteiger partial charge is 0.0719 e. The molecule has 2 N–H and O–H groups in total. The van der Waals surface area contributed by atoms with Crippen LogP contribution in [0.4, 0.5) is 0 Å². The van der Waals surface area contributed by atoms with Gasteiger partial charge in [-0.25, -0.2) is 0 Å². The first kappa shape index (κ1) is 10.3. The summed E-state index contributed by atoms with van der Waals surface area (Å²) in [5.74, 6) is 0. The van der Waals surface area contributed by atoms with E-state index < -0.39 is 0 Å². The molecule has 16 heavy (non-hydrogen) atoms. The molecule has 0 radical (unpaired) electrons. The number of hydrogen-bond acceptors (Lipinski definition) is 2. The first-order valence-corrected chi connectivity index (χ1v) is 6.27. The van der Waals surface area contributed by atoms with Gasteiger partial charge in [0.15, 0.2) is 0 Å². The lowest BCUT2D eigenvalue weighted by Gasteiger charge is -2.30.